The molecular weight excluding hydrogens is 229 g/mol. The van der Waals surface area contributed by atoms with Crippen molar-refractivity contribution in [1.82, 2.24) is 5.32 Å². The van der Waals surface area contributed by atoms with Gasteiger partial charge in [0, 0.05) is 25.1 Å². The number of rotatable bonds is 7. The van der Waals surface area contributed by atoms with Gasteiger partial charge in [-0.25, -0.2) is 4.39 Å². The summed E-state index contributed by atoms with van der Waals surface area (Å²) in [5.74, 6) is 0.107. The van der Waals surface area contributed by atoms with Gasteiger partial charge in [-0.3, -0.25) is 0 Å². The van der Waals surface area contributed by atoms with Gasteiger partial charge < -0.3 is 10.4 Å². The third-order valence-electron chi connectivity index (χ3n) is 3.44. The van der Waals surface area contributed by atoms with E-state index in [1.807, 2.05) is 6.07 Å². The molecule has 0 bridgehead atoms. The summed E-state index contributed by atoms with van der Waals surface area (Å²) in [5.41, 5.74) is 0.877. The van der Waals surface area contributed by atoms with Gasteiger partial charge in [-0.2, -0.15) is 0 Å². The number of aliphatic hydroxyl groups is 1. The highest BCUT2D eigenvalue weighted by atomic mass is 19.1. The summed E-state index contributed by atoms with van der Waals surface area (Å²) in [6.45, 7) is 8.03. The van der Waals surface area contributed by atoms with Crippen LogP contribution in [0, 0.1) is 11.7 Å². The number of aliphatic hydroxyl groups excluding tert-OH is 1. The van der Waals surface area contributed by atoms with Gasteiger partial charge in [0.2, 0.25) is 0 Å². The third-order valence-corrected chi connectivity index (χ3v) is 3.44. The summed E-state index contributed by atoms with van der Waals surface area (Å²) in [5, 5.41) is 12.5. The lowest BCUT2D eigenvalue weighted by atomic mass is 9.84. The van der Waals surface area contributed by atoms with E-state index >= 15 is 0 Å². The normalized spacial score (nSPS) is 13.6. The Morgan fingerprint density at radius 1 is 1.39 bits per heavy atom. The van der Waals surface area contributed by atoms with Crippen LogP contribution in [0.3, 0.4) is 0 Å². The van der Waals surface area contributed by atoms with Gasteiger partial charge in [-0.15, -0.1) is 0 Å². The lowest BCUT2D eigenvalue weighted by Crippen LogP contribution is -2.36. The third kappa shape index (κ3) is 4.39. The molecule has 0 spiro atoms. The summed E-state index contributed by atoms with van der Waals surface area (Å²) >= 11 is 0. The highest BCUT2D eigenvalue weighted by Crippen LogP contribution is 2.22. The number of nitrogens with one attached hydrogen (secondary N) is 1. The highest BCUT2D eigenvalue weighted by molar-refractivity contribution is 5.24. The Labute approximate surface area is 109 Å². The van der Waals surface area contributed by atoms with Crippen LogP contribution in [0.4, 0.5) is 4.39 Å². The van der Waals surface area contributed by atoms with Crippen molar-refractivity contribution in [1.29, 1.82) is 0 Å². The lowest BCUT2D eigenvalue weighted by Gasteiger charge is -2.27. The van der Waals surface area contributed by atoms with Crippen LogP contribution in [0.15, 0.2) is 24.3 Å². The number of hydrogen-bond donors (Lipinski definition) is 2. The van der Waals surface area contributed by atoms with E-state index in [1.165, 1.54) is 6.07 Å². The predicted molar refractivity (Wildman–Crippen MR) is 73.2 cm³/mol. The van der Waals surface area contributed by atoms with Crippen LogP contribution in [0.25, 0.3) is 0 Å². The van der Waals surface area contributed by atoms with Crippen molar-refractivity contribution in [3.8, 4) is 0 Å². The standard InChI is InChI=1S/C15H24FNO/c1-4-12(10-18)9-17-11-15(2,3)13-6-5-7-14(16)8-13/h5-8,12,17-18H,4,9-11H2,1-3H3. The molecule has 0 amide bonds. The van der Waals surface area contributed by atoms with Crippen LogP contribution in [0.2, 0.25) is 0 Å². The predicted octanol–water partition coefficient (Wildman–Crippen LogP) is 2.71. The van der Waals surface area contributed by atoms with Crippen molar-refractivity contribution in [2.24, 2.45) is 5.92 Å². The molecule has 0 aliphatic rings. The van der Waals surface area contributed by atoms with Crippen LogP contribution in [-0.2, 0) is 5.41 Å². The average molecular weight is 253 g/mol. The summed E-state index contributed by atoms with van der Waals surface area (Å²) in [4.78, 5) is 0. The second-order valence-corrected chi connectivity index (χ2v) is 5.48. The second-order valence-electron chi connectivity index (χ2n) is 5.48. The van der Waals surface area contributed by atoms with E-state index in [-0.39, 0.29) is 17.8 Å². The van der Waals surface area contributed by atoms with Crippen molar-refractivity contribution in [2.75, 3.05) is 19.7 Å². The van der Waals surface area contributed by atoms with E-state index in [4.69, 9.17) is 5.11 Å². The van der Waals surface area contributed by atoms with E-state index in [9.17, 15) is 4.39 Å². The molecule has 0 aliphatic heterocycles. The van der Waals surface area contributed by atoms with Crippen LogP contribution >= 0.6 is 0 Å². The van der Waals surface area contributed by atoms with Crippen molar-refractivity contribution < 1.29 is 9.50 Å². The van der Waals surface area contributed by atoms with Gasteiger partial charge in [0.1, 0.15) is 5.82 Å². The molecule has 0 fully saturated rings. The molecule has 1 aromatic carbocycles. The Bertz CT molecular complexity index is 361. The minimum Gasteiger partial charge on any atom is -0.396 e. The highest BCUT2D eigenvalue weighted by Gasteiger charge is 2.20. The van der Waals surface area contributed by atoms with Crippen molar-refractivity contribution in [3.63, 3.8) is 0 Å². The maximum atomic E-state index is 13.2. The molecule has 0 aromatic heterocycles. The molecule has 1 unspecified atom stereocenters. The van der Waals surface area contributed by atoms with Gasteiger partial charge in [-0.05, 0) is 30.0 Å². The first-order valence-electron chi connectivity index (χ1n) is 6.57. The Hall–Kier alpha value is -0.930. The maximum absolute atomic E-state index is 13.2. The SMILES string of the molecule is CCC(CO)CNCC(C)(C)c1cccc(F)c1. The topological polar surface area (TPSA) is 32.3 Å². The molecular formula is C15H24FNO. The molecule has 1 atom stereocenters. The molecule has 1 aromatic rings. The van der Waals surface area contributed by atoms with Crippen molar-refractivity contribution in [2.45, 2.75) is 32.6 Å². The monoisotopic (exact) mass is 253 g/mol. The van der Waals surface area contributed by atoms with E-state index in [0.29, 0.717) is 5.92 Å². The molecule has 102 valence electrons. The molecule has 18 heavy (non-hydrogen) atoms. The molecule has 2 nitrogen and oxygen atoms in total. The molecule has 0 radical (unpaired) electrons. The second kappa shape index (κ2) is 6.86. The molecule has 3 heteroatoms. The summed E-state index contributed by atoms with van der Waals surface area (Å²) in [7, 11) is 0. The summed E-state index contributed by atoms with van der Waals surface area (Å²) in [6, 6.07) is 6.75. The van der Waals surface area contributed by atoms with Gasteiger partial charge in [0.25, 0.3) is 0 Å². The zero-order valence-electron chi connectivity index (χ0n) is 11.5. The van der Waals surface area contributed by atoms with Crippen LogP contribution < -0.4 is 5.32 Å². The van der Waals surface area contributed by atoms with E-state index in [0.717, 1.165) is 25.1 Å². The smallest absolute Gasteiger partial charge is 0.123 e. The van der Waals surface area contributed by atoms with E-state index in [2.05, 4.69) is 26.1 Å². The fourth-order valence-corrected chi connectivity index (χ4v) is 1.94. The van der Waals surface area contributed by atoms with Gasteiger partial charge in [-0.1, -0.05) is 32.9 Å². The first-order valence-corrected chi connectivity index (χ1v) is 6.57. The minimum atomic E-state index is -0.192. The van der Waals surface area contributed by atoms with Crippen LogP contribution in [0.1, 0.15) is 32.8 Å². The van der Waals surface area contributed by atoms with Gasteiger partial charge in [0.15, 0.2) is 0 Å². The van der Waals surface area contributed by atoms with Crippen LogP contribution in [0.5, 0.6) is 0 Å². The molecule has 0 saturated heterocycles. The van der Waals surface area contributed by atoms with Crippen LogP contribution in [-0.4, -0.2) is 24.8 Å². The molecule has 0 heterocycles. The Morgan fingerprint density at radius 3 is 2.67 bits per heavy atom. The van der Waals surface area contributed by atoms with E-state index in [1.54, 1.807) is 12.1 Å². The van der Waals surface area contributed by atoms with E-state index < -0.39 is 0 Å². The molecule has 2 N–H and O–H groups in total. The molecule has 0 aliphatic carbocycles. The summed E-state index contributed by atoms with van der Waals surface area (Å²) in [6.07, 6.45) is 0.962. The molecule has 0 saturated carbocycles. The maximum Gasteiger partial charge on any atom is 0.123 e. The Kier molecular flexibility index (Phi) is 5.76. The Balaban J connectivity index is 2.54. The minimum absolute atomic E-state index is 0.115. The first kappa shape index (κ1) is 15.1. The summed E-state index contributed by atoms with van der Waals surface area (Å²) < 4.78 is 13.2. The molecule has 1 rings (SSSR count). The fraction of sp³-hybridized carbons (Fsp3) is 0.600. The first-order chi connectivity index (χ1) is 8.49. The Morgan fingerprint density at radius 2 is 2.11 bits per heavy atom. The van der Waals surface area contributed by atoms with Gasteiger partial charge >= 0.3 is 0 Å². The fourth-order valence-electron chi connectivity index (χ4n) is 1.94. The quantitative estimate of drug-likeness (QED) is 0.783. The number of halogens is 1. The van der Waals surface area contributed by atoms with Crippen molar-refractivity contribution >= 4 is 0 Å². The van der Waals surface area contributed by atoms with Crippen molar-refractivity contribution in [3.05, 3.63) is 35.6 Å². The number of hydrogen-bond acceptors (Lipinski definition) is 2. The van der Waals surface area contributed by atoms with Gasteiger partial charge in [0.05, 0.1) is 0 Å². The number of benzene rings is 1. The zero-order valence-corrected chi connectivity index (χ0v) is 11.5. The zero-order chi connectivity index (χ0) is 13.6. The lowest BCUT2D eigenvalue weighted by molar-refractivity contribution is 0.216. The largest absolute Gasteiger partial charge is 0.396 e. The average Bonchev–Trinajstić information content (AvgIpc) is 2.34.